The van der Waals surface area contributed by atoms with Crippen molar-refractivity contribution >= 4 is 16.9 Å². The van der Waals surface area contributed by atoms with Crippen molar-refractivity contribution in [1.82, 2.24) is 14.8 Å². The van der Waals surface area contributed by atoms with Gasteiger partial charge in [-0.2, -0.15) is 5.10 Å². The molecule has 6 heteroatoms. The van der Waals surface area contributed by atoms with Crippen LogP contribution in [0.5, 0.6) is 5.75 Å². The summed E-state index contributed by atoms with van der Waals surface area (Å²) in [6.45, 7) is 0.472. The maximum absolute atomic E-state index is 11.3. The lowest BCUT2D eigenvalue weighted by Crippen LogP contribution is -2.04. The molecule has 6 nitrogen and oxygen atoms in total. The number of carbonyl (C=O) groups is 1. The summed E-state index contributed by atoms with van der Waals surface area (Å²) in [7, 11) is 1.61. The van der Waals surface area contributed by atoms with Crippen LogP contribution in [0.4, 0.5) is 0 Å². The first-order chi connectivity index (χ1) is 10.2. The predicted octanol–water partition coefficient (Wildman–Crippen LogP) is 2.19. The molecule has 0 amide bonds. The van der Waals surface area contributed by atoms with Crippen LogP contribution in [0.3, 0.4) is 0 Å². The van der Waals surface area contributed by atoms with Crippen molar-refractivity contribution in [3.05, 3.63) is 54.0 Å². The van der Waals surface area contributed by atoms with E-state index in [1.54, 1.807) is 30.3 Å². The van der Waals surface area contributed by atoms with E-state index in [1.807, 2.05) is 24.3 Å². The monoisotopic (exact) mass is 283 g/mol. The van der Waals surface area contributed by atoms with E-state index in [-0.39, 0.29) is 5.69 Å². The van der Waals surface area contributed by atoms with E-state index in [1.165, 1.54) is 0 Å². The fraction of sp³-hybridized carbons (Fsp3) is 0.133. The quantitative estimate of drug-likeness (QED) is 0.794. The molecule has 2 heterocycles. The Labute approximate surface area is 120 Å². The Morgan fingerprint density at radius 2 is 2.05 bits per heavy atom. The topological polar surface area (TPSA) is 77.2 Å². The van der Waals surface area contributed by atoms with Gasteiger partial charge in [-0.3, -0.25) is 9.67 Å². The number of hydrogen-bond acceptors (Lipinski definition) is 4. The molecule has 21 heavy (non-hydrogen) atoms. The largest absolute Gasteiger partial charge is 0.497 e. The smallest absolute Gasteiger partial charge is 0.357 e. The third-order valence-electron chi connectivity index (χ3n) is 3.25. The Morgan fingerprint density at radius 3 is 2.71 bits per heavy atom. The third kappa shape index (κ3) is 2.43. The SMILES string of the molecule is COc1ccc(Cn2nc(C(=O)O)c3ccncc32)cc1. The van der Waals surface area contributed by atoms with Gasteiger partial charge in [-0.15, -0.1) is 0 Å². The average Bonchev–Trinajstić information content (AvgIpc) is 2.87. The first-order valence-corrected chi connectivity index (χ1v) is 6.36. The van der Waals surface area contributed by atoms with E-state index in [9.17, 15) is 9.90 Å². The van der Waals surface area contributed by atoms with Crippen molar-refractivity contribution in [2.75, 3.05) is 7.11 Å². The minimum Gasteiger partial charge on any atom is -0.497 e. The highest BCUT2D eigenvalue weighted by Gasteiger charge is 2.16. The summed E-state index contributed by atoms with van der Waals surface area (Å²) in [6.07, 6.45) is 3.19. The summed E-state index contributed by atoms with van der Waals surface area (Å²) < 4.78 is 6.76. The van der Waals surface area contributed by atoms with E-state index in [4.69, 9.17) is 4.74 Å². The molecular weight excluding hydrogens is 270 g/mol. The van der Waals surface area contributed by atoms with Gasteiger partial charge in [0.25, 0.3) is 0 Å². The number of ether oxygens (including phenoxy) is 1. The van der Waals surface area contributed by atoms with Gasteiger partial charge in [-0.1, -0.05) is 12.1 Å². The van der Waals surface area contributed by atoms with Crippen molar-refractivity contribution in [2.45, 2.75) is 6.54 Å². The molecule has 106 valence electrons. The Morgan fingerprint density at radius 1 is 1.29 bits per heavy atom. The first-order valence-electron chi connectivity index (χ1n) is 6.36. The molecule has 0 aliphatic heterocycles. The summed E-state index contributed by atoms with van der Waals surface area (Å²) in [5.41, 5.74) is 1.74. The van der Waals surface area contributed by atoms with Gasteiger partial charge < -0.3 is 9.84 Å². The molecule has 0 atom stereocenters. The minimum atomic E-state index is -1.04. The van der Waals surface area contributed by atoms with E-state index >= 15 is 0 Å². The number of methoxy groups -OCH3 is 1. The zero-order valence-corrected chi connectivity index (χ0v) is 11.4. The van der Waals surface area contributed by atoms with Crippen LogP contribution >= 0.6 is 0 Å². The third-order valence-corrected chi connectivity index (χ3v) is 3.25. The fourth-order valence-electron chi connectivity index (χ4n) is 2.20. The molecule has 0 spiro atoms. The number of carboxylic acids is 1. The van der Waals surface area contributed by atoms with Gasteiger partial charge in [-0.05, 0) is 23.8 Å². The van der Waals surface area contributed by atoms with Gasteiger partial charge in [0.1, 0.15) is 5.75 Å². The Hall–Kier alpha value is -2.89. The molecule has 1 N–H and O–H groups in total. The molecule has 0 aliphatic carbocycles. The highest BCUT2D eigenvalue weighted by Crippen LogP contribution is 2.19. The summed E-state index contributed by atoms with van der Waals surface area (Å²) in [4.78, 5) is 15.3. The predicted molar refractivity (Wildman–Crippen MR) is 76.6 cm³/mol. The second-order valence-electron chi connectivity index (χ2n) is 4.55. The first kappa shape index (κ1) is 13.1. The Bertz CT molecular complexity index is 794. The molecule has 0 aliphatic rings. The van der Waals surface area contributed by atoms with Crippen molar-refractivity contribution in [1.29, 1.82) is 0 Å². The molecule has 0 saturated heterocycles. The van der Waals surface area contributed by atoms with Crippen LogP contribution in [0.15, 0.2) is 42.7 Å². The van der Waals surface area contributed by atoms with Crippen LogP contribution < -0.4 is 4.74 Å². The molecular formula is C15H13N3O3. The van der Waals surface area contributed by atoms with Gasteiger partial charge in [0.05, 0.1) is 25.4 Å². The maximum atomic E-state index is 11.3. The number of benzene rings is 1. The highest BCUT2D eigenvalue weighted by atomic mass is 16.5. The highest BCUT2D eigenvalue weighted by molar-refractivity contribution is 6.00. The van der Waals surface area contributed by atoms with Gasteiger partial charge in [-0.25, -0.2) is 4.79 Å². The van der Waals surface area contributed by atoms with E-state index in [0.29, 0.717) is 17.4 Å². The van der Waals surface area contributed by atoms with E-state index in [0.717, 1.165) is 11.3 Å². The number of rotatable bonds is 4. The van der Waals surface area contributed by atoms with Crippen molar-refractivity contribution in [3.8, 4) is 5.75 Å². The molecule has 3 aromatic rings. The fourth-order valence-corrected chi connectivity index (χ4v) is 2.20. The Balaban J connectivity index is 2.01. The molecule has 0 unspecified atom stereocenters. The lowest BCUT2D eigenvalue weighted by Gasteiger charge is -2.05. The van der Waals surface area contributed by atoms with Crippen LogP contribution in [0.2, 0.25) is 0 Å². The lowest BCUT2D eigenvalue weighted by molar-refractivity contribution is 0.0691. The molecule has 3 rings (SSSR count). The number of carboxylic acid groups (broad SMARTS) is 1. The van der Waals surface area contributed by atoms with Gasteiger partial charge in [0.2, 0.25) is 0 Å². The van der Waals surface area contributed by atoms with Crippen LogP contribution in [0, 0.1) is 0 Å². The van der Waals surface area contributed by atoms with Crippen molar-refractivity contribution in [3.63, 3.8) is 0 Å². The molecule has 0 fully saturated rings. The number of hydrogen-bond donors (Lipinski definition) is 1. The van der Waals surface area contributed by atoms with Gasteiger partial charge >= 0.3 is 5.97 Å². The molecule has 2 aromatic heterocycles. The zero-order valence-electron chi connectivity index (χ0n) is 11.4. The second-order valence-corrected chi connectivity index (χ2v) is 4.55. The molecule has 0 bridgehead atoms. The summed E-state index contributed by atoms with van der Waals surface area (Å²) in [6, 6.07) is 9.22. The van der Waals surface area contributed by atoms with Crippen LogP contribution in [0.1, 0.15) is 16.1 Å². The lowest BCUT2D eigenvalue weighted by atomic mass is 10.2. The number of nitrogens with zero attached hydrogens (tertiary/aromatic N) is 3. The van der Waals surface area contributed by atoms with Gasteiger partial charge in [0, 0.05) is 11.6 Å². The summed E-state index contributed by atoms with van der Waals surface area (Å²) in [5.74, 6) is -0.267. The second kappa shape index (κ2) is 5.24. The van der Waals surface area contributed by atoms with E-state index in [2.05, 4.69) is 10.1 Å². The normalized spacial score (nSPS) is 10.7. The standard InChI is InChI=1S/C15H13N3O3/c1-21-11-4-2-10(3-5-11)9-18-13-8-16-7-6-12(13)14(17-18)15(19)20/h2-8H,9H2,1H3,(H,19,20). The number of pyridine rings is 1. The van der Waals surface area contributed by atoms with Crippen molar-refractivity contribution < 1.29 is 14.6 Å². The van der Waals surface area contributed by atoms with Crippen LogP contribution in [-0.4, -0.2) is 33.0 Å². The summed E-state index contributed by atoms with van der Waals surface area (Å²) in [5, 5.41) is 14.0. The van der Waals surface area contributed by atoms with E-state index < -0.39 is 5.97 Å². The number of aromatic nitrogens is 3. The zero-order chi connectivity index (χ0) is 14.8. The van der Waals surface area contributed by atoms with Gasteiger partial charge in [0.15, 0.2) is 5.69 Å². The van der Waals surface area contributed by atoms with Crippen molar-refractivity contribution in [2.24, 2.45) is 0 Å². The van der Waals surface area contributed by atoms with Crippen LogP contribution in [-0.2, 0) is 6.54 Å². The molecule has 0 saturated carbocycles. The van der Waals surface area contributed by atoms with Crippen LogP contribution in [0.25, 0.3) is 10.9 Å². The Kier molecular flexibility index (Phi) is 3.27. The number of aromatic carboxylic acids is 1. The summed E-state index contributed by atoms with van der Waals surface area (Å²) >= 11 is 0. The maximum Gasteiger partial charge on any atom is 0.357 e. The average molecular weight is 283 g/mol. The molecule has 1 aromatic carbocycles. The minimum absolute atomic E-state index is 0.0425. The number of fused-ring (bicyclic) bond motifs is 1. The molecule has 0 radical (unpaired) electrons.